The van der Waals surface area contributed by atoms with Gasteiger partial charge < -0.3 is 0 Å². The molecule has 0 spiro atoms. The van der Waals surface area contributed by atoms with Crippen LogP contribution in [0.15, 0.2) is 158 Å². The summed E-state index contributed by atoms with van der Waals surface area (Å²) >= 11 is 0. The summed E-state index contributed by atoms with van der Waals surface area (Å²) in [5.41, 5.74) is 8.00. The third-order valence-corrected chi connectivity index (χ3v) is 7.53. The van der Waals surface area contributed by atoms with E-state index in [1.54, 1.807) is 0 Å². The Morgan fingerprint density at radius 3 is 0.881 bits per heavy atom. The van der Waals surface area contributed by atoms with E-state index < -0.39 is 0 Å². The highest BCUT2D eigenvalue weighted by molar-refractivity contribution is 5.68. The van der Waals surface area contributed by atoms with Crippen LogP contribution in [0, 0.1) is 11.8 Å². The van der Waals surface area contributed by atoms with Crippen molar-refractivity contribution in [3.8, 4) is 0 Å². The van der Waals surface area contributed by atoms with Gasteiger partial charge in [-0.05, 0) is 58.1 Å². The van der Waals surface area contributed by atoms with Crippen LogP contribution in [0.3, 0.4) is 0 Å². The molecule has 4 aromatic rings. The smallest absolute Gasteiger partial charge is 0.0184 e. The Kier molecular flexibility index (Phi) is 12.4. The quantitative estimate of drug-likeness (QED) is 0.233. The van der Waals surface area contributed by atoms with E-state index in [1.165, 1.54) is 46.2 Å². The number of allylic oxidation sites excluding steroid dienone is 8. The fraction of sp³-hybridized carbons (Fsp3) is 0.143. The Balaban J connectivity index is 0.000000149. The summed E-state index contributed by atoms with van der Waals surface area (Å²) in [7, 11) is 0. The maximum atomic E-state index is 2.36. The molecule has 2 aliphatic rings. The molecule has 6 rings (SSSR count). The highest BCUT2D eigenvalue weighted by atomic mass is 14.2. The molecule has 0 heteroatoms. The van der Waals surface area contributed by atoms with Gasteiger partial charge in [-0.1, -0.05) is 196 Å². The Bertz CT molecular complexity index is 1340. The van der Waals surface area contributed by atoms with Crippen molar-refractivity contribution in [2.75, 3.05) is 0 Å². The van der Waals surface area contributed by atoms with Crippen LogP contribution < -0.4 is 0 Å². The van der Waals surface area contributed by atoms with E-state index in [0.717, 1.165) is 0 Å². The molecular formula is C42H42. The van der Waals surface area contributed by atoms with Crippen LogP contribution >= 0.6 is 0 Å². The molecular weight excluding hydrogens is 504 g/mol. The van der Waals surface area contributed by atoms with Crippen molar-refractivity contribution in [3.63, 3.8) is 0 Å². The van der Waals surface area contributed by atoms with Crippen LogP contribution in [-0.4, -0.2) is 0 Å². The Hall–Kier alpha value is -4.68. The highest BCUT2D eigenvalue weighted by Crippen LogP contribution is 2.21. The molecule has 0 N–H and O–H groups in total. The lowest BCUT2D eigenvalue weighted by molar-refractivity contribution is 0.383. The molecule has 2 atom stereocenters. The van der Waals surface area contributed by atoms with Gasteiger partial charge in [-0.3, -0.25) is 0 Å². The first-order valence-electron chi connectivity index (χ1n) is 15.0. The molecule has 4 aromatic carbocycles. The van der Waals surface area contributed by atoms with E-state index >= 15 is 0 Å². The third-order valence-electron chi connectivity index (χ3n) is 7.53. The fourth-order valence-corrected chi connectivity index (χ4v) is 4.90. The minimum atomic E-state index is 0.715. The maximum absolute atomic E-state index is 2.36. The van der Waals surface area contributed by atoms with Crippen molar-refractivity contribution < 1.29 is 0 Å². The number of benzene rings is 4. The van der Waals surface area contributed by atoms with Gasteiger partial charge in [0, 0.05) is 0 Å². The minimum absolute atomic E-state index is 0.715. The molecule has 0 aliphatic heterocycles. The molecule has 2 aliphatic carbocycles. The molecule has 2 unspecified atom stereocenters. The summed E-state index contributed by atoms with van der Waals surface area (Å²) < 4.78 is 0. The van der Waals surface area contributed by atoms with Crippen LogP contribution in [-0.2, 0) is 12.8 Å². The van der Waals surface area contributed by atoms with Crippen molar-refractivity contribution in [2.24, 2.45) is 11.8 Å². The van der Waals surface area contributed by atoms with Gasteiger partial charge in [0.05, 0.1) is 0 Å². The second-order valence-corrected chi connectivity index (χ2v) is 10.8. The lowest BCUT2D eigenvalue weighted by Crippen LogP contribution is -2.13. The number of hydrogen-bond acceptors (Lipinski definition) is 0. The molecule has 0 bridgehead atoms. The van der Waals surface area contributed by atoms with E-state index in [-0.39, 0.29) is 0 Å². The molecule has 0 amide bonds. The third kappa shape index (κ3) is 10.4. The van der Waals surface area contributed by atoms with Crippen LogP contribution in [0.4, 0.5) is 0 Å². The Morgan fingerprint density at radius 1 is 0.333 bits per heavy atom. The monoisotopic (exact) mass is 546 g/mol. The first kappa shape index (κ1) is 30.3. The number of rotatable bonds is 5. The average Bonchev–Trinajstić information content (AvgIpc) is 3.00. The molecule has 0 fully saturated rings. The molecule has 0 aromatic heterocycles. The molecule has 0 nitrogen and oxygen atoms in total. The number of fused-ring (bicyclic) bond motifs is 2. The van der Waals surface area contributed by atoms with Crippen molar-refractivity contribution in [1.29, 1.82) is 0 Å². The molecule has 0 saturated carbocycles. The molecule has 0 radical (unpaired) electrons. The van der Waals surface area contributed by atoms with Crippen LogP contribution in [0.5, 0.6) is 0 Å². The maximum Gasteiger partial charge on any atom is -0.0184 e. The zero-order chi connectivity index (χ0) is 29.2. The Labute approximate surface area is 253 Å². The first-order valence-corrected chi connectivity index (χ1v) is 15.0. The SMILES string of the molecule is C1=C\C=C/c2ccccc2\C=C/1.C1=C\C=C/c2ccccc2\C=C/1.CC(Cc1ccccc1)C(C)Cc1ccccc1. The van der Waals surface area contributed by atoms with Gasteiger partial charge in [-0.25, -0.2) is 0 Å². The van der Waals surface area contributed by atoms with Crippen LogP contribution in [0.2, 0.25) is 0 Å². The van der Waals surface area contributed by atoms with Crippen molar-refractivity contribution >= 4 is 24.3 Å². The largest absolute Gasteiger partial charge is 0.0622 e. The van der Waals surface area contributed by atoms with E-state index in [0.29, 0.717) is 11.8 Å². The first-order chi connectivity index (χ1) is 20.7. The van der Waals surface area contributed by atoms with Gasteiger partial charge in [0.25, 0.3) is 0 Å². The second kappa shape index (κ2) is 17.2. The Morgan fingerprint density at radius 2 is 0.595 bits per heavy atom. The van der Waals surface area contributed by atoms with Crippen molar-refractivity contribution in [1.82, 2.24) is 0 Å². The van der Waals surface area contributed by atoms with Gasteiger partial charge >= 0.3 is 0 Å². The zero-order valence-corrected chi connectivity index (χ0v) is 24.9. The van der Waals surface area contributed by atoms with E-state index in [4.69, 9.17) is 0 Å². The topological polar surface area (TPSA) is 0 Å². The average molecular weight is 547 g/mol. The predicted molar refractivity (Wildman–Crippen MR) is 186 cm³/mol. The number of hydrogen-bond donors (Lipinski definition) is 0. The summed E-state index contributed by atoms with van der Waals surface area (Å²) in [6.07, 6.45) is 27.2. The van der Waals surface area contributed by atoms with Gasteiger partial charge in [-0.15, -0.1) is 0 Å². The van der Waals surface area contributed by atoms with Crippen LogP contribution in [0.25, 0.3) is 24.3 Å². The zero-order valence-electron chi connectivity index (χ0n) is 24.9. The molecule has 0 saturated heterocycles. The predicted octanol–water partition coefficient (Wildman–Crippen LogP) is 11.3. The van der Waals surface area contributed by atoms with Gasteiger partial charge in [0.2, 0.25) is 0 Å². The van der Waals surface area contributed by atoms with E-state index in [2.05, 4.69) is 172 Å². The van der Waals surface area contributed by atoms with Crippen LogP contribution in [0.1, 0.15) is 47.2 Å². The summed E-state index contributed by atoms with van der Waals surface area (Å²) in [5, 5.41) is 0. The summed E-state index contributed by atoms with van der Waals surface area (Å²) in [6, 6.07) is 38.3. The fourth-order valence-electron chi connectivity index (χ4n) is 4.90. The van der Waals surface area contributed by atoms with Gasteiger partial charge in [0.1, 0.15) is 0 Å². The molecule has 210 valence electrons. The summed E-state index contributed by atoms with van der Waals surface area (Å²) in [5.74, 6) is 1.43. The summed E-state index contributed by atoms with van der Waals surface area (Å²) in [6.45, 7) is 4.72. The normalized spacial score (nSPS) is 18.4. The van der Waals surface area contributed by atoms with Gasteiger partial charge in [0.15, 0.2) is 0 Å². The lowest BCUT2D eigenvalue weighted by atomic mass is 9.85. The molecule has 42 heavy (non-hydrogen) atoms. The lowest BCUT2D eigenvalue weighted by Gasteiger charge is -2.20. The van der Waals surface area contributed by atoms with Gasteiger partial charge in [-0.2, -0.15) is 0 Å². The second-order valence-electron chi connectivity index (χ2n) is 10.8. The standard InChI is InChI=1S/C18H22.2C12H10/c1-15(13-17-9-5-3-6-10-17)16(2)14-18-11-7-4-8-12-18;2*1-2-4-8-12-10-6-5-9-11(12)7-3-1/h3-12,15-16H,13-14H2,1-2H3;2*1-10H/b;2*2-1-,3-1?,4-2?,7-3-,8-4-,11-7?,12-8?. The molecule has 0 heterocycles. The van der Waals surface area contributed by atoms with E-state index in [1.807, 2.05) is 24.3 Å². The van der Waals surface area contributed by atoms with Crippen molar-refractivity contribution in [3.05, 3.63) is 191 Å². The van der Waals surface area contributed by atoms with E-state index in [9.17, 15) is 0 Å². The van der Waals surface area contributed by atoms with Crippen molar-refractivity contribution in [2.45, 2.75) is 26.7 Å². The summed E-state index contributed by atoms with van der Waals surface area (Å²) in [4.78, 5) is 0. The minimum Gasteiger partial charge on any atom is -0.0622 e. The highest BCUT2D eigenvalue weighted by Gasteiger charge is 2.13.